The summed E-state index contributed by atoms with van der Waals surface area (Å²) in [6.07, 6.45) is 15.3. The van der Waals surface area contributed by atoms with Gasteiger partial charge in [0, 0.05) is 7.11 Å². The lowest BCUT2D eigenvalue weighted by molar-refractivity contribution is -0.119. The van der Waals surface area contributed by atoms with E-state index in [0.29, 0.717) is 12.0 Å². The smallest absolute Gasteiger partial charge is 0.0882 e. The minimum Gasteiger partial charge on any atom is -0.387 e. The number of fused-ring (bicyclic) bond motifs is 5. The molecule has 7 atom stereocenters. The Bertz CT molecular complexity index is 526. The van der Waals surface area contributed by atoms with Gasteiger partial charge < -0.3 is 9.84 Å². The Morgan fingerprint density at radius 3 is 2.64 bits per heavy atom. The van der Waals surface area contributed by atoms with Crippen molar-refractivity contribution >= 4 is 0 Å². The number of rotatable bonds is 3. The van der Waals surface area contributed by atoms with E-state index < -0.39 is 5.60 Å². The highest BCUT2D eigenvalue weighted by Gasteiger charge is 2.56. The fourth-order valence-electron chi connectivity index (χ4n) is 7.79. The van der Waals surface area contributed by atoms with Crippen molar-refractivity contribution in [3.05, 3.63) is 11.6 Å². The molecule has 4 aliphatic carbocycles. The second-order valence-electron chi connectivity index (χ2n) is 9.97. The van der Waals surface area contributed by atoms with Crippen LogP contribution >= 0.6 is 0 Å². The number of aliphatic hydroxyl groups is 1. The predicted octanol–water partition coefficient (Wildman–Crippen LogP) is 5.35. The van der Waals surface area contributed by atoms with Gasteiger partial charge in [0.15, 0.2) is 0 Å². The van der Waals surface area contributed by atoms with Crippen molar-refractivity contribution in [2.24, 2.45) is 35.0 Å². The van der Waals surface area contributed by atoms with Crippen LogP contribution < -0.4 is 0 Å². The van der Waals surface area contributed by atoms with Crippen molar-refractivity contribution in [3.63, 3.8) is 0 Å². The Hall–Kier alpha value is -0.340. The van der Waals surface area contributed by atoms with Gasteiger partial charge in [-0.1, -0.05) is 25.5 Å². The van der Waals surface area contributed by atoms with Crippen LogP contribution in [0.4, 0.5) is 0 Å². The summed E-state index contributed by atoms with van der Waals surface area (Å²) < 4.78 is 5.32. The van der Waals surface area contributed by atoms with Crippen molar-refractivity contribution in [2.75, 3.05) is 13.7 Å². The largest absolute Gasteiger partial charge is 0.387 e. The third-order valence-corrected chi connectivity index (χ3v) is 8.82. The van der Waals surface area contributed by atoms with Crippen molar-refractivity contribution in [3.8, 4) is 0 Å². The van der Waals surface area contributed by atoms with Gasteiger partial charge in [-0.3, -0.25) is 0 Å². The molecule has 0 heterocycles. The highest BCUT2D eigenvalue weighted by Crippen LogP contribution is 2.64. The molecule has 0 bridgehead atoms. The molecular weight excluding hydrogens is 308 g/mol. The van der Waals surface area contributed by atoms with Gasteiger partial charge in [0.05, 0.1) is 12.2 Å². The van der Waals surface area contributed by atoms with Crippen LogP contribution in [0.15, 0.2) is 11.6 Å². The van der Waals surface area contributed by atoms with Crippen LogP contribution in [-0.4, -0.2) is 24.4 Å². The maximum atomic E-state index is 10.9. The van der Waals surface area contributed by atoms with Gasteiger partial charge >= 0.3 is 0 Å². The lowest BCUT2D eigenvalue weighted by atomic mass is 9.49. The molecule has 25 heavy (non-hydrogen) atoms. The molecule has 0 unspecified atom stereocenters. The minimum atomic E-state index is -0.545. The van der Waals surface area contributed by atoms with E-state index in [0.717, 1.165) is 42.4 Å². The van der Waals surface area contributed by atoms with E-state index in [1.54, 1.807) is 12.7 Å². The first kappa shape index (κ1) is 18.0. The first-order chi connectivity index (χ1) is 12.0. The molecule has 4 rings (SSSR count). The van der Waals surface area contributed by atoms with E-state index in [9.17, 15) is 5.11 Å². The predicted molar refractivity (Wildman–Crippen MR) is 102 cm³/mol. The monoisotopic (exact) mass is 346 g/mol. The Balaban J connectivity index is 1.51. The van der Waals surface area contributed by atoms with E-state index in [2.05, 4.69) is 19.9 Å². The van der Waals surface area contributed by atoms with E-state index in [1.165, 1.54) is 51.4 Å². The van der Waals surface area contributed by atoms with Gasteiger partial charge in [-0.2, -0.15) is 0 Å². The average molecular weight is 347 g/mol. The van der Waals surface area contributed by atoms with Crippen LogP contribution in [0, 0.1) is 35.0 Å². The van der Waals surface area contributed by atoms with Crippen LogP contribution in [0.1, 0.15) is 78.1 Å². The van der Waals surface area contributed by atoms with E-state index >= 15 is 0 Å². The second-order valence-corrected chi connectivity index (χ2v) is 9.97. The van der Waals surface area contributed by atoms with Crippen molar-refractivity contribution in [1.82, 2.24) is 0 Å². The van der Waals surface area contributed by atoms with Gasteiger partial charge in [0.25, 0.3) is 0 Å². The number of hydrogen-bond donors (Lipinski definition) is 1. The van der Waals surface area contributed by atoms with E-state index in [4.69, 9.17) is 4.74 Å². The number of allylic oxidation sites excluding steroid dienone is 2. The molecule has 0 aromatic rings. The fourth-order valence-corrected chi connectivity index (χ4v) is 7.79. The first-order valence-electron chi connectivity index (χ1n) is 10.9. The number of methoxy groups -OCH3 is 1. The van der Waals surface area contributed by atoms with Gasteiger partial charge in [0.2, 0.25) is 0 Å². The Labute approximate surface area is 154 Å². The average Bonchev–Trinajstić information content (AvgIpc) is 2.91. The third-order valence-electron chi connectivity index (χ3n) is 8.82. The van der Waals surface area contributed by atoms with Gasteiger partial charge in [-0.05, 0) is 99.2 Å². The molecular formula is C23H38O2. The maximum absolute atomic E-state index is 10.9. The first-order valence-corrected chi connectivity index (χ1v) is 10.9. The highest BCUT2D eigenvalue weighted by atomic mass is 16.5. The summed E-state index contributed by atoms with van der Waals surface area (Å²) in [6.45, 7) is 5.41. The molecule has 2 heteroatoms. The molecule has 0 saturated heterocycles. The summed E-state index contributed by atoms with van der Waals surface area (Å²) in [5.74, 6) is 4.44. The lowest BCUT2D eigenvalue weighted by Crippen LogP contribution is -2.51. The second kappa shape index (κ2) is 6.68. The Kier molecular flexibility index (Phi) is 4.82. The number of hydrogen-bond acceptors (Lipinski definition) is 2. The molecule has 1 N–H and O–H groups in total. The highest BCUT2D eigenvalue weighted by molar-refractivity contribution is 5.23. The Morgan fingerprint density at radius 2 is 1.88 bits per heavy atom. The number of ether oxygens (including phenoxy) is 1. The summed E-state index contributed by atoms with van der Waals surface area (Å²) in [5.41, 5.74) is 1.75. The summed E-state index contributed by atoms with van der Waals surface area (Å²) in [6, 6.07) is 0. The summed E-state index contributed by atoms with van der Waals surface area (Å²) in [5, 5.41) is 10.9. The molecule has 0 spiro atoms. The molecule has 0 aliphatic heterocycles. The zero-order chi connectivity index (χ0) is 17.7. The molecule has 2 nitrogen and oxygen atoms in total. The van der Waals surface area contributed by atoms with Crippen molar-refractivity contribution < 1.29 is 9.84 Å². The molecule has 0 radical (unpaired) electrons. The summed E-state index contributed by atoms with van der Waals surface area (Å²) in [7, 11) is 1.73. The Morgan fingerprint density at radius 1 is 1.08 bits per heavy atom. The lowest BCUT2D eigenvalue weighted by Gasteiger charge is -2.56. The van der Waals surface area contributed by atoms with Crippen molar-refractivity contribution in [2.45, 2.75) is 83.7 Å². The maximum Gasteiger partial charge on any atom is 0.0882 e. The van der Waals surface area contributed by atoms with Crippen LogP contribution in [0.3, 0.4) is 0 Å². The van der Waals surface area contributed by atoms with E-state index in [1.807, 2.05) is 0 Å². The SMILES string of the molecule is CC/C=C1/CC[C@H]2[C@@H]3CC[C@@H]4C[C@@](O)(COC)CC[C@@H]4[C@H]3CC[C@]12C. The zero-order valence-electron chi connectivity index (χ0n) is 16.6. The molecule has 4 fully saturated rings. The van der Waals surface area contributed by atoms with Crippen LogP contribution in [0.5, 0.6) is 0 Å². The van der Waals surface area contributed by atoms with Gasteiger partial charge in [-0.15, -0.1) is 0 Å². The standard InChI is InChI=1S/C23H38O2/c1-4-5-17-7-9-21-20-8-6-16-14-23(24,15-25-3)13-11-18(16)19(20)10-12-22(17,21)2/h5,16,18-21,24H,4,6-15H2,1-3H3/b17-5-/t16-,18+,19-,20-,21+,22-,23-/m1/s1. The fraction of sp³-hybridized carbons (Fsp3) is 0.913. The molecule has 0 aromatic carbocycles. The van der Waals surface area contributed by atoms with Gasteiger partial charge in [-0.25, -0.2) is 0 Å². The quantitative estimate of drug-likeness (QED) is 0.698. The van der Waals surface area contributed by atoms with E-state index in [-0.39, 0.29) is 0 Å². The summed E-state index contributed by atoms with van der Waals surface area (Å²) >= 11 is 0. The molecule has 4 aliphatic rings. The molecule has 0 amide bonds. The van der Waals surface area contributed by atoms with Crippen molar-refractivity contribution in [1.29, 1.82) is 0 Å². The third kappa shape index (κ3) is 2.92. The molecule has 142 valence electrons. The summed E-state index contributed by atoms with van der Waals surface area (Å²) in [4.78, 5) is 0. The molecule has 4 saturated carbocycles. The van der Waals surface area contributed by atoms with Gasteiger partial charge in [0.1, 0.15) is 0 Å². The minimum absolute atomic E-state index is 0.509. The van der Waals surface area contributed by atoms with Crippen LogP contribution in [0.2, 0.25) is 0 Å². The zero-order valence-corrected chi connectivity index (χ0v) is 16.6. The van der Waals surface area contributed by atoms with Crippen LogP contribution in [0.25, 0.3) is 0 Å². The van der Waals surface area contributed by atoms with Crippen LogP contribution in [-0.2, 0) is 4.74 Å². The topological polar surface area (TPSA) is 29.5 Å². The normalized spacial score (nSPS) is 51.0. The molecule has 0 aromatic heterocycles.